The van der Waals surface area contributed by atoms with E-state index < -0.39 is 12.2 Å². The van der Waals surface area contributed by atoms with Gasteiger partial charge in [-0.1, -0.05) is 5.16 Å². The second kappa shape index (κ2) is 7.23. The number of aliphatic hydroxyl groups excluding tert-OH is 2. The van der Waals surface area contributed by atoms with Gasteiger partial charge in [0.05, 0.1) is 31.5 Å². The van der Waals surface area contributed by atoms with E-state index in [2.05, 4.69) is 15.0 Å². The van der Waals surface area contributed by atoms with Crippen LogP contribution in [0.3, 0.4) is 0 Å². The summed E-state index contributed by atoms with van der Waals surface area (Å²) in [5.74, 6) is 1.29. The van der Waals surface area contributed by atoms with Crippen molar-refractivity contribution in [3.8, 4) is 0 Å². The molecule has 2 fully saturated rings. The van der Waals surface area contributed by atoms with Gasteiger partial charge in [-0.2, -0.15) is 4.98 Å². The van der Waals surface area contributed by atoms with Crippen LogP contribution in [0, 0.1) is 0 Å². The number of aliphatic hydroxyl groups is 2. The molecule has 130 valence electrons. The van der Waals surface area contributed by atoms with Gasteiger partial charge < -0.3 is 24.2 Å². The molecule has 2 aliphatic rings. The van der Waals surface area contributed by atoms with Crippen LogP contribution in [0.25, 0.3) is 0 Å². The smallest absolute Gasteiger partial charge is 0.240 e. The van der Waals surface area contributed by atoms with Crippen molar-refractivity contribution >= 4 is 0 Å². The van der Waals surface area contributed by atoms with Crippen LogP contribution >= 0.6 is 0 Å². The topological polar surface area (TPSA) is 101 Å². The van der Waals surface area contributed by atoms with Gasteiger partial charge in [-0.05, 0) is 12.8 Å². The van der Waals surface area contributed by atoms with Crippen molar-refractivity contribution in [1.29, 1.82) is 0 Å². The lowest BCUT2D eigenvalue weighted by Crippen LogP contribution is -2.54. The lowest BCUT2D eigenvalue weighted by Gasteiger charge is -2.46. The van der Waals surface area contributed by atoms with Crippen molar-refractivity contribution in [2.75, 3.05) is 33.4 Å². The normalized spacial score (nSPS) is 28.3. The molecular weight excluding hydrogens is 302 g/mol. The highest BCUT2D eigenvalue weighted by atomic mass is 16.5. The number of ether oxygens (including phenoxy) is 2. The third-order valence-corrected chi connectivity index (χ3v) is 4.75. The minimum absolute atomic E-state index is 0.216. The largest absolute Gasteiger partial charge is 0.390 e. The van der Waals surface area contributed by atoms with Crippen LogP contribution in [0.2, 0.25) is 0 Å². The zero-order valence-corrected chi connectivity index (χ0v) is 13.5. The van der Waals surface area contributed by atoms with Crippen molar-refractivity contribution in [2.24, 2.45) is 0 Å². The summed E-state index contributed by atoms with van der Waals surface area (Å²) in [7, 11) is 1.65. The third kappa shape index (κ3) is 4.07. The van der Waals surface area contributed by atoms with Crippen LogP contribution in [0.15, 0.2) is 4.52 Å². The Morgan fingerprint density at radius 3 is 2.78 bits per heavy atom. The maximum atomic E-state index is 9.88. The van der Waals surface area contributed by atoms with Gasteiger partial charge in [-0.3, -0.25) is 4.90 Å². The second-order valence-electron chi connectivity index (χ2n) is 6.46. The van der Waals surface area contributed by atoms with Crippen LogP contribution in [-0.2, 0) is 22.4 Å². The predicted octanol–water partition coefficient (Wildman–Crippen LogP) is -0.265. The highest BCUT2D eigenvalue weighted by Crippen LogP contribution is 2.35. The first-order valence-corrected chi connectivity index (χ1v) is 8.13. The highest BCUT2D eigenvalue weighted by molar-refractivity contribution is 4.95. The van der Waals surface area contributed by atoms with Gasteiger partial charge in [0, 0.05) is 33.0 Å². The van der Waals surface area contributed by atoms with Crippen molar-refractivity contribution in [3.05, 3.63) is 11.7 Å². The van der Waals surface area contributed by atoms with Gasteiger partial charge in [0.15, 0.2) is 5.82 Å². The fourth-order valence-corrected chi connectivity index (χ4v) is 3.26. The van der Waals surface area contributed by atoms with Crippen LogP contribution in [0.5, 0.6) is 0 Å². The lowest BCUT2D eigenvalue weighted by molar-refractivity contribution is -0.188. The van der Waals surface area contributed by atoms with E-state index in [1.165, 1.54) is 0 Å². The number of piperidine rings is 1. The van der Waals surface area contributed by atoms with Gasteiger partial charge in [0.25, 0.3) is 0 Å². The Bertz CT molecular complexity index is 501. The van der Waals surface area contributed by atoms with Gasteiger partial charge in [0.2, 0.25) is 5.89 Å². The fraction of sp³-hybridized carbons (Fsp3) is 0.867. The third-order valence-electron chi connectivity index (χ3n) is 4.75. The lowest BCUT2D eigenvalue weighted by atomic mass is 9.82. The van der Waals surface area contributed by atoms with Crippen molar-refractivity contribution in [2.45, 2.75) is 50.0 Å². The molecule has 23 heavy (non-hydrogen) atoms. The van der Waals surface area contributed by atoms with E-state index in [-0.39, 0.29) is 12.2 Å². The Morgan fingerprint density at radius 1 is 1.30 bits per heavy atom. The summed E-state index contributed by atoms with van der Waals surface area (Å²) in [5.41, 5.74) is -0.298. The number of likely N-dealkylation sites (tertiary alicyclic amines) is 1. The summed E-state index contributed by atoms with van der Waals surface area (Å²) in [4.78, 5) is 6.61. The number of hydrogen-bond donors (Lipinski definition) is 2. The number of aromatic nitrogens is 2. The molecule has 1 spiro atoms. The molecule has 0 saturated carbocycles. The molecule has 2 saturated heterocycles. The molecule has 8 nitrogen and oxygen atoms in total. The number of methoxy groups -OCH3 is 1. The van der Waals surface area contributed by atoms with Crippen molar-refractivity contribution in [1.82, 2.24) is 15.0 Å². The molecule has 0 aromatic carbocycles. The van der Waals surface area contributed by atoms with E-state index in [4.69, 9.17) is 14.0 Å². The van der Waals surface area contributed by atoms with Crippen LogP contribution in [0.4, 0.5) is 0 Å². The van der Waals surface area contributed by atoms with Crippen LogP contribution < -0.4 is 0 Å². The van der Waals surface area contributed by atoms with Crippen LogP contribution in [0.1, 0.15) is 31.0 Å². The average molecular weight is 327 g/mol. The first kappa shape index (κ1) is 16.8. The minimum atomic E-state index is -0.762. The van der Waals surface area contributed by atoms with E-state index in [1.807, 2.05) is 0 Å². The van der Waals surface area contributed by atoms with Gasteiger partial charge in [0.1, 0.15) is 6.10 Å². The molecule has 0 aliphatic carbocycles. The van der Waals surface area contributed by atoms with E-state index in [9.17, 15) is 10.2 Å². The molecule has 3 heterocycles. The number of hydrogen-bond acceptors (Lipinski definition) is 8. The van der Waals surface area contributed by atoms with E-state index >= 15 is 0 Å². The average Bonchev–Trinajstić information content (AvgIpc) is 2.99. The Balaban J connectivity index is 1.48. The van der Waals surface area contributed by atoms with Crippen molar-refractivity contribution < 1.29 is 24.2 Å². The Morgan fingerprint density at radius 2 is 2.09 bits per heavy atom. The molecule has 0 radical (unpaired) electrons. The van der Waals surface area contributed by atoms with Crippen molar-refractivity contribution in [3.63, 3.8) is 0 Å². The van der Waals surface area contributed by atoms with Crippen LogP contribution in [-0.4, -0.2) is 76.5 Å². The van der Waals surface area contributed by atoms with E-state index in [0.717, 1.165) is 25.9 Å². The highest BCUT2D eigenvalue weighted by Gasteiger charge is 2.43. The molecule has 2 N–H and O–H groups in total. The molecule has 8 heteroatoms. The summed E-state index contributed by atoms with van der Waals surface area (Å²) in [6, 6.07) is 0. The summed E-state index contributed by atoms with van der Waals surface area (Å²) in [6.07, 6.45) is 1.38. The second-order valence-corrected chi connectivity index (χ2v) is 6.46. The Hall–Kier alpha value is -1.06. The zero-order chi connectivity index (χ0) is 16.3. The van der Waals surface area contributed by atoms with E-state index in [0.29, 0.717) is 37.7 Å². The zero-order valence-electron chi connectivity index (χ0n) is 13.5. The summed E-state index contributed by atoms with van der Waals surface area (Å²) >= 11 is 0. The maximum absolute atomic E-state index is 9.88. The quantitative estimate of drug-likeness (QED) is 0.762. The first-order chi connectivity index (χ1) is 11.1. The fourth-order valence-electron chi connectivity index (χ4n) is 3.26. The monoisotopic (exact) mass is 327 g/mol. The molecule has 1 aromatic rings. The molecule has 1 aromatic heterocycles. The minimum Gasteiger partial charge on any atom is -0.390 e. The standard InChI is InChI=1S/C15H25N3O5/c1-21-7-2-13-16-14(23-17-13)9-18-5-3-15(4-6-18)8-11(19)12(20)10-22-15/h11-12,19-20H,2-10H2,1H3/t11-,12+/m1/s1. The van der Waals surface area contributed by atoms with Gasteiger partial charge >= 0.3 is 0 Å². The summed E-state index contributed by atoms with van der Waals surface area (Å²) in [5, 5.41) is 23.4. The molecule has 0 bridgehead atoms. The summed E-state index contributed by atoms with van der Waals surface area (Å²) in [6.45, 7) is 3.11. The molecule has 0 amide bonds. The molecule has 0 unspecified atom stereocenters. The van der Waals surface area contributed by atoms with Gasteiger partial charge in [-0.25, -0.2) is 0 Å². The predicted molar refractivity (Wildman–Crippen MR) is 79.7 cm³/mol. The first-order valence-electron chi connectivity index (χ1n) is 8.13. The number of rotatable bonds is 5. The molecule has 2 atom stereocenters. The van der Waals surface area contributed by atoms with E-state index in [1.54, 1.807) is 7.11 Å². The number of nitrogens with zero attached hydrogens (tertiary/aromatic N) is 3. The maximum Gasteiger partial charge on any atom is 0.240 e. The molecule has 2 aliphatic heterocycles. The Kier molecular flexibility index (Phi) is 5.27. The molecule has 3 rings (SSSR count). The Labute approximate surface area is 135 Å². The molecular formula is C15H25N3O5. The summed E-state index contributed by atoms with van der Waals surface area (Å²) < 4.78 is 16.1. The van der Waals surface area contributed by atoms with Gasteiger partial charge in [-0.15, -0.1) is 0 Å². The SMILES string of the molecule is COCCc1noc(CN2CCC3(CC2)C[C@@H](O)[C@@H](O)CO3)n1.